The molecule has 0 fully saturated rings. The molecule has 1 N–H and O–H groups in total. The second kappa shape index (κ2) is 4.21. The first-order valence-electron chi connectivity index (χ1n) is 1.72. The summed E-state index contributed by atoms with van der Waals surface area (Å²) in [5.74, 6) is 0. The van der Waals surface area contributed by atoms with Crippen LogP contribution < -0.4 is 5.32 Å². The fourth-order valence-electron chi connectivity index (χ4n) is 0.136. The van der Waals surface area contributed by atoms with E-state index in [4.69, 9.17) is 0 Å². The van der Waals surface area contributed by atoms with Gasteiger partial charge in [0.1, 0.15) is 0 Å². The molecule has 6 heavy (non-hydrogen) atoms. The van der Waals surface area contributed by atoms with E-state index >= 15 is 0 Å². The molecule has 0 heterocycles. The van der Waals surface area contributed by atoms with Gasteiger partial charge in [-0.15, -0.1) is 0 Å². The van der Waals surface area contributed by atoms with Crippen molar-refractivity contribution in [3.63, 3.8) is 0 Å². The van der Waals surface area contributed by atoms with Crippen molar-refractivity contribution in [1.29, 1.82) is 0 Å². The number of carbonyl (C=O) groups excluding carboxylic acids is 1. The summed E-state index contributed by atoms with van der Waals surface area (Å²) >= 11 is 0. The van der Waals surface area contributed by atoms with Crippen LogP contribution in [0.5, 0.6) is 0 Å². The fraction of sp³-hybridized carbons (Fsp3) is 0.250. The summed E-state index contributed by atoms with van der Waals surface area (Å²) in [5.41, 5.74) is 0. The van der Waals surface area contributed by atoms with Gasteiger partial charge in [0.25, 0.3) is 0 Å². The molecule has 0 radical (unpaired) electrons. The van der Waals surface area contributed by atoms with Crippen LogP contribution in [-0.4, -0.2) is 6.41 Å². The zero-order chi connectivity index (χ0) is 4.83. The van der Waals surface area contributed by atoms with E-state index in [1.807, 2.05) is 6.92 Å². The highest BCUT2D eigenvalue weighted by Gasteiger charge is 1.55. The van der Waals surface area contributed by atoms with Crippen LogP contribution in [0, 0.1) is 0 Å². The van der Waals surface area contributed by atoms with Crippen LogP contribution in [0.2, 0.25) is 0 Å². The third-order valence-electron chi connectivity index (χ3n) is 0.331. The predicted molar refractivity (Wildman–Crippen MR) is 24.0 cm³/mol. The Morgan fingerprint density at radius 1 is 1.67 bits per heavy atom. The second-order valence-corrected chi connectivity index (χ2v) is 0.785. The molecule has 2 heteroatoms. The number of hydrogen-bond acceptors (Lipinski definition) is 1. The second-order valence-electron chi connectivity index (χ2n) is 0.785. The molecular formula is C4H7NO. The van der Waals surface area contributed by atoms with Crippen LogP contribution in [-0.2, 0) is 4.79 Å². The SMILES string of the molecule is C/C=C/NC=O. The number of rotatable bonds is 2. The number of allylic oxidation sites excluding steroid dienone is 1. The number of hydrogen-bond donors (Lipinski definition) is 1. The summed E-state index contributed by atoms with van der Waals surface area (Å²) in [6, 6.07) is 0. The molecule has 0 aromatic heterocycles. The fourth-order valence-corrected chi connectivity index (χ4v) is 0.136. The Bertz CT molecular complexity index is 58.6. The lowest BCUT2D eigenvalue weighted by Crippen LogP contribution is -1.97. The van der Waals surface area contributed by atoms with E-state index in [0.29, 0.717) is 6.41 Å². The average molecular weight is 85.1 g/mol. The Morgan fingerprint density at radius 3 is 2.50 bits per heavy atom. The number of nitrogens with one attached hydrogen (secondary N) is 1. The molecule has 0 aliphatic rings. The smallest absolute Gasteiger partial charge is 0.211 e. The summed E-state index contributed by atoms with van der Waals surface area (Å²) < 4.78 is 0. The Morgan fingerprint density at radius 2 is 2.33 bits per heavy atom. The maximum atomic E-state index is 9.40. The van der Waals surface area contributed by atoms with Gasteiger partial charge in [0.15, 0.2) is 0 Å². The van der Waals surface area contributed by atoms with Gasteiger partial charge in [-0.25, -0.2) is 0 Å². The van der Waals surface area contributed by atoms with Crippen molar-refractivity contribution in [3.05, 3.63) is 12.3 Å². The molecule has 0 aliphatic carbocycles. The first kappa shape index (κ1) is 5.21. The molecule has 0 unspecified atom stereocenters. The summed E-state index contributed by atoms with van der Waals surface area (Å²) in [6.07, 6.45) is 3.93. The molecule has 0 atom stereocenters. The molecular weight excluding hydrogens is 78.0 g/mol. The highest BCUT2D eigenvalue weighted by atomic mass is 16.1. The Labute approximate surface area is 36.9 Å². The van der Waals surface area contributed by atoms with E-state index < -0.39 is 0 Å². The lowest BCUT2D eigenvalue weighted by molar-refractivity contribution is -0.108. The predicted octanol–water partition coefficient (Wildman–Crippen LogP) is 0.266. The monoisotopic (exact) mass is 85.1 g/mol. The normalized spacial score (nSPS) is 8.83. The van der Waals surface area contributed by atoms with Crippen molar-refractivity contribution in [3.8, 4) is 0 Å². The Hall–Kier alpha value is -0.790. The van der Waals surface area contributed by atoms with Gasteiger partial charge in [0, 0.05) is 0 Å². The van der Waals surface area contributed by atoms with Crippen LogP contribution >= 0.6 is 0 Å². The zero-order valence-electron chi connectivity index (χ0n) is 3.64. The van der Waals surface area contributed by atoms with E-state index in [0.717, 1.165) is 0 Å². The Kier molecular flexibility index (Phi) is 3.66. The highest BCUT2D eigenvalue weighted by molar-refractivity contribution is 5.47. The van der Waals surface area contributed by atoms with Crippen molar-refractivity contribution in [2.24, 2.45) is 0 Å². The largest absolute Gasteiger partial charge is 0.336 e. The quantitative estimate of drug-likeness (QED) is 0.479. The molecule has 1 amide bonds. The minimum atomic E-state index is 0.625. The minimum Gasteiger partial charge on any atom is -0.336 e. The topological polar surface area (TPSA) is 29.1 Å². The number of carbonyl (C=O) groups is 1. The van der Waals surface area contributed by atoms with E-state index in [9.17, 15) is 4.79 Å². The maximum absolute atomic E-state index is 9.40. The molecule has 0 aromatic rings. The standard InChI is InChI=1S/C4H7NO/c1-2-3-5-4-6/h2-4H,1H3,(H,5,6)/b3-2+. The third-order valence-corrected chi connectivity index (χ3v) is 0.331. The van der Waals surface area contributed by atoms with Gasteiger partial charge in [0.2, 0.25) is 6.41 Å². The summed E-state index contributed by atoms with van der Waals surface area (Å²) in [5, 5.41) is 2.34. The van der Waals surface area contributed by atoms with Crippen molar-refractivity contribution in [2.75, 3.05) is 0 Å². The van der Waals surface area contributed by atoms with Crippen LogP contribution in [0.15, 0.2) is 12.3 Å². The highest BCUT2D eigenvalue weighted by Crippen LogP contribution is 1.54. The van der Waals surface area contributed by atoms with Gasteiger partial charge >= 0.3 is 0 Å². The molecule has 34 valence electrons. The lowest BCUT2D eigenvalue weighted by atomic mass is 10.7. The lowest BCUT2D eigenvalue weighted by Gasteiger charge is -1.74. The van der Waals surface area contributed by atoms with Gasteiger partial charge in [0.05, 0.1) is 0 Å². The van der Waals surface area contributed by atoms with Gasteiger partial charge in [-0.2, -0.15) is 0 Å². The van der Waals surface area contributed by atoms with E-state index in [1.54, 1.807) is 12.3 Å². The average Bonchev–Trinajstić information content (AvgIpc) is 1.61. The molecule has 0 saturated heterocycles. The van der Waals surface area contributed by atoms with Crippen LogP contribution in [0.4, 0.5) is 0 Å². The van der Waals surface area contributed by atoms with Crippen LogP contribution in [0.3, 0.4) is 0 Å². The number of amides is 1. The molecule has 0 saturated carbocycles. The van der Waals surface area contributed by atoms with E-state index in [1.165, 1.54) is 0 Å². The summed E-state index contributed by atoms with van der Waals surface area (Å²) in [6.45, 7) is 1.83. The third kappa shape index (κ3) is 3.21. The first-order valence-corrected chi connectivity index (χ1v) is 1.72. The summed E-state index contributed by atoms with van der Waals surface area (Å²) in [7, 11) is 0. The van der Waals surface area contributed by atoms with Crippen molar-refractivity contribution in [1.82, 2.24) is 5.32 Å². The molecule has 0 spiro atoms. The molecule has 0 aliphatic heterocycles. The zero-order valence-corrected chi connectivity index (χ0v) is 3.64. The summed E-state index contributed by atoms with van der Waals surface area (Å²) in [4.78, 5) is 9.40. The van der Waals surface area contributed by atoms with E-state index in [2.05, 4.69) is 5.32 Å². The van der Waals surface area contributed by atoms with E-state index in [-0.39, 0.29) is 0 Å². The Balaban J connectivity index is 2.85. The van der Waals surface area contributed by atoms with Gasteiger partial charge in [-0.05, 0) is 13.1 Å². The van der Waals surface area contributed by atoms with Crippen molar-refractivity contribution < 1.29 is 4.79 Å². The van der Waals surface area contributed by atoms with Gasteiger partial charge < -0.3 is 5.32 Å². The van der Waals surface area contributed by atoms with Crippen molar-refractivity contribution in [2.45, 2.75) is 6.92 Å². The maximum Gasteiger partial charge on any atom is 0.211 e. The van der Waals surface area contributed by atoms with Gasteiger partial charge in [-0.1, -0.05) is 6.08 Å². The van der Waals surface area contributed by atoms with Crippen LogP contribution in [0.1, 0.15) is 6.92 Å². The molecule has 0 rings (SSSR count). The van der Waals surface area contributed by atoms with Gasteiger partial charge in [-0.3, -0.25) is 4.79 Å². The molecule has 0 aromatic carbocycles. The molecule has 2 nitrogen and oxygen atoms in total. The minimum absolute atomic E-state index is 0.625. The van der Waals surface area contributed by atoms with Crippen LogP contribution in [0.25, 0.3) is 0 Å². The first-order chi connectivity index (χ1) is 2.91. The molecule has 0 bridgehead atoms. The van der Waals surface area contributed by atoms with Crippen molar-refractivity contribution >= 4 is 6.41 Å².